The summed E-state index contributed by atoms with van der Waals surface area (Å²) in [5.41, 5.74) is 3.65. The summed E-state index contributed by atoms with van der Waals surface area (Å²) in [7, 11) is 0. The summed E-state index contributed by atoms with van der Waals surface area (Å²) in [5, 5.41) is 3.16. The van der Waals surface area contributed by atoms with E-state index in [1.54, 1.807) is 28.6 Å². The third kappa shape index (κ3) is 4.61. The molecule has 3 heterocycles. The smallest absolute Gasteiger partial charge is 0.312 e. The Kier molecular flexibility index (Phi) is 6.46. The lowest BCUT2D eigenvalue weighted by molar-refractivity contribution is -0.146. The zero-order valence-electron chi connectivity index (χ0n) is 19.3. The minimum Gasteiger partial charge on any atom is -0.449 e. The summed E-state index contributed by atoms with van der Waals surface area (Å²) in [6.45, 7) is 2.71. The van der Waals surface area contributed by atoms with Crippen molar-refractivity contribution in [2.75, 3.05) is 11.4 Å². The van der Waals surface area contributed by atoms with Gasteiger partial charge in [-0.1, -0.05) is 55.5 Å². The molecule has 1 fully saturated rings. The molecule has 7 nitrogen and oxygen atoms in total. The number of para-hydroxylation sites is 1. The normalized spacial score (nSPS) is 14.4. The largest absolute Gasteiger partial charge is 0.449 e. The predicted molar refractivity (Wildman–Crippen MR) is 135 cm³/mol. The standard InChI is InChI=1S/C27H25N3O4S/c1-2-17-10-6-11-20-21(15-28-24(17)20)25(33)26(18-8-4-3-5-9-18)34-23(32)14-19-16-35-27(29-19)30-13-7-12-22(30)31/h3-6,8-11,15-16,26,28H,2,7,12-14H2,1H3. The number of anilines is 1. The van der Waals surface area contributed by atoms with Gasteiger partial charge in [0.05, 0.1) is 12.1 Å². The molecular weight excluding hydrogens is 462 g/mol. The van der Waals surface area contributed by atoms with E-state index in [0.717, 1.165) is 29.3 Å². The van der Waals surface area contributed by atoms with Crippen LogP contribution in [0.5, 0.6) is 0 Å². The van der Waals surface area contributed by atoms with Crippen molar-refractivity contribution in [3.05, 3.63) is 82.5 Å². The van der Waals surface area contributed by atoms with Crippen LogP contribution in [0.1, 0.15) is 53.0 Å². The minimum atomic E-state index is -1.08. The number of nitrogens with zero attached hydrogens (tertiary/aromatic N) is 2. The molecule has 0 radical (unpaired) electrons. The quantitative estimate of drug-likeness (QED) is 0.278. The van der Waals surface area contributed by atoms with E-state index >= 15 is 0 Å². The van der Waals surface area contributed by atoms with Crippen molar-refractivity contribution in [3.63, 3.8) is 0 Å². The fraction of sp³-hybridized carbons (Fsp3) is 0.259. The molecule has 2 aromatic heterocycles. The summed E-state index contributed by atoms with van der Waals surface area (Å²) < 4.78 is 5.77. The molecule has 0 aliphatic carbocycles. The number of Topliss-reactive ketones (excluding diaryl/α,β-unsaturated/α-hetero) is 1. The van der Waals surface area contributed by atoms with E-state index in [9.17, 15) is 14.4 Å². The van der Waals surface area contributed by atoms with Gasteiger partial charge in [0.1, 0.15) is 0 Å². The Morgan fingerprint density at radius 1 is 1.17 bits per heavy atom. The van der Waals surface area contributed by atoms with E-state index in [0.29, 0.717) is 34.9 Å². The molecule has 0 saturated carbocycles. The molecule has 1 amide bonds. The van der Waals surface area contributed by atoms with Crippen LogP contribution >= 0.6 is 11.3 Å². The molecule has 1 N–H and O–H groups in total. The van der Waals surface area contributed by atoms with E-state index in [-0.39, 0.29) is 18.1 Å². The first-order valence-corrected chi connectivity index (χ1v) is 12.6. The van der Waals surface area contributed by atoms with E-state index in [4.69, 9.17) is 4.74 Å². The Bertz CT molecular complexity index is 1390. The second kappa shape index (κ2) is 9.84. The summed E-state index contributed by atoms with van der Waals surface area (Å²) in [6.07, 6.45) is 2.70. The molecule has 1 atom stereocenters. The third-order valence-electron chi connectivity index (χ3n) is 6.21. The number of rotatable bonds is 8. The monoisotopic (exact) mass is 487 g/mol. The van der Waals surface area contributed by atoms with Crippen molar-refractivity contribution in [1.82, 2.24) is 9.97 Å². The number of fused-ring (bicyclic) bond motifs is 1. The fourth-order valence-electron chi connectivity index (χ4n) is 4.43. The van der Waals surface area contributed by atoms with Crippen molar-refractivity contribution >= 4 is 45.0 Å². The number of aromatic nitrogens is 2. The Morgan fingerprint density at radius 3 is 2.74 bits per heavy atom. The first kappa shape index (κ1) is 23.0. The maximum absolute atomic E-state index is 13.7. The Balaban J connectivity index is 1.38. The van der Waals surface area contributed by atoms with Gasteiger partial charge in [0.2, 0.25) is 11.7 Å². The van der Waals surface area contributed by atoms with Gasteiger partial charge >= 0.3 is 5.97 Å². The van der Waals surface area contributed by atoms with Crippen LogP contribution < -0.4 is 4.90 Å². The minimum absolute atomic E-state index is 0.0492. The summed E-state index contributed by atoms with van der Waals surface area (Å²) >= 11 is 1.33. The van der Waals surface area contributed by atoms with Gasteiger partial charge in [-0.15, -0.1) is 11.3 Å². The molecule has 8 heteroatoms. The van der Waals surface area contributed by atoms with E-state index < -0.39 is 12.1 Å². The lowest BCUT2D eigenvalue weighted by Crippen LogP contribution is -2.23. The number of ether oxygens (including phenoxy) is 1. The van der Waals surface area contributed by atoms with Gasteiger partial charge in [-0.25, -0.2) is 4.98 Å². The van der Waals surface area contributed by atoms with Crippen molar-refractivity contribution < 1.29 is 19.1 Å². The maximum Gasteiger partial charge on any atom is 0.312 e. The number of aromatic amines is 1. The second-order valence-electron chi connectivity index (χ2n) is 8.49. The molecule has 0 spiro atoms. The van der Waals surface area contributed by atoms with Gasteiger partial charge in [0.15, 0.2) is 11.2 Å². The number of hydrogen-bond donors (Lipinski definition) is 1. The fourth-order valence-corrected chi connectivity index (χ4v) is 5.30. The maximum atomic E-state index is 13.7. The van der Waals surface area contributed by atoms with Gasteiger partial charge in [-0.05, 0) is 18.4 Å². The highest BCUT2D eigenvalue weighted by atomic mass is 32.1. The molecule has 1 saturated heterocycles. The zero-order valence-corrected chi connectivity index (χ0v) is 20.1. The lowest BCUT2D eigenvalue weighted by atomic mass is 9.98. The number of ketones is 1. The molecule has 35 heavy (non-hydrogen) atoms. The highest BCUT2D eigenvalue weighted by molar-refractivity contribution is 7.14. The number of nitrogens with one attached hydrogen (secondary N) is 1. The number of aryl methyl sites for hydroxylation is 1. The van der Waals surface area contributed by atoms with Crippen molar-refractivity contribution in [3.8, 4) is 0 Å². The molecule has 0 bridgehead atoms. The van der Waals surface area contributed by atoms with Gasteiger partial charge in [-0.3, -0.25) is 19.3 Å². The number of carbonyl (C=O) groups excluding carboxylic acids is 3. The van der Waals surface area contributed by atoms with Crippen molar-refractivity contribution in [2.24, 2.45) is 0 Å². The Morgan fingerprint density at radius 2 is 2.00 bits per heavy atom. The van der Waals surface area contributed by atoms with E-state index in [2.05, 4.69) is 16.9 Å². The number of benzene rings is 2. The first-order chi connectivity index (χ1) is 17.0. The molecule has 1 aliphatic heterocycles. The van der Waals surface area contributed by atoms with E-state index in [1.807, 2.05) is 36.4 Å². The zero-order chi connectivity index (χ0) is 24.4. The van der Waals surface area contributed by atoms with Crippen LogP contribution in [0.2, 0.25) is 0 Å². The number of carbonyl (C=O) groups is 3. The second-order valence-corrected chi connectivity index (χ2v) is 9.32. The molecule has 2 aromatic carbocycles. The molecule has 1 unspecified atom stereocenters. The highest BCUT2D eigenvalue weighted by Gasteiger charge is 2.29. The van der Waals surface area contributed by atoms with Gasteiger partial charge in [-0.2, -0.15) is 0 Å². The Hall–Kier alpha value is -3.78. The summed E-state index contributed by atoms with van der Waals surface area (Å²) in [4.78, 5) is 47.9. The SMILES string of the molecule is CCc1cccc2c(C(=O)C(OC(=O)Cc3csc(N4CCCC4=O)n3)c3ccccc3)c[nH]c12. The molecule has 178 valence electrons. The average molecular weight is 488 g/mol. The highest BCUT2D eigenvalue weighted by Crippen LogP contribution is 2.30. The summed E-state index contributed by atoms with van der Waals surface area (Å²) in [6, 6.07) is 14.9. The molecule has 5 rings (SSSR count). The van der Waals surface area contributed by atoms with Crippen LogP contribution in [-0.2, 0) is 27.2 Å². The van der Waals surface area contributed by atoms with Crippen LogP contribution in [0.3, 0.4) is 0 Å². The summed E-state index contributed by atoms with van der Waals surface area (Å²) in [5.74, 6) is -0.787. The number of esters is 1. The van der Waals surface area contributed by atoms with Gasteiger partial charge in [0, 0.05) is 46.6 Å². The molecule has 4 aromatic rings. The third-order valence-corrected chi connectivity index (χ3v) is 7.12. The van der Waals surface area contributed by atoms with Gasteiger partial charge < -0.3 is 9.72 Å². The first-order valence-electron chi connectivity index (χ1n) is 11.7. The topological polar surface area (TPSA) is 92.4 Å². The van der Waals surface area contributed by atoms with Crippen molar-refractivity contribution in [1.29, 1.82) is 0 Å². The predicted octanol–water partition coefficient (Wildman–Crippen LogP) is 5.02. The molecule has 1 aliphatic rings. The van der Waals surface area contributed by atoms with Gasteiger partial charge in [0.25, 0.3) is 0 Å². The average Bonchev–Trinajstić information content (AvgIpc) is 3.62. The van der Waals surface area contributed by atoms with Crippen LogP contribution in [-0.4, -0.2) is 34.2 Å². The van der Waals surface area contributed by atoms with Crippen LogP contribution in [0.4, 0.5) is 5.13 Å². The Labute approximate surface area is 206 Å². The number of amides is 1. The molecular formula is C27H25N3O4S. The number of H-pyrrole nitrogens is 1. The lowest BCUT2D eigenvalue weighted by Gasteiger charge is -2.17. The van der Waals surface area contributed by atoms with Crippen LogP contribution in [0, 0.1) is 0 Å². The van der Waals surface area contributed by atoms with Crippen molar-refractivity contribution in [2.45, 2.75) is 38.7 Å². The van der Waals surface area contributed by atoms with E-state index in [1.165, 1.54) is 11.3 Å². The van der Waals surface area contributed by atoms with Crippen LogP contribution in [0.25, 0.3) is 10.9 Å². The number of thiazole rings is 1. The van der Waals surface area contributed by atoms with Crippen LogP contribution in [0.15, 0.2) is 60.1 Å². The number of hydrogen-bond acceptors (Lipinski definition) is 6.